The number of nitriles is 1. The number of amides is 1. The monoisotopic (exact) mass is 424 g/mol. The fourth-order valence-electron chi connectivity index (χ4n) is 2.43. The Balaban J connectivity index is 1.78. The van der Waals surface area contributed by atoms with Gasteiger partial charge in [0.15, 0.2) is 0 Å². The molecule has 3 rings (SSSR count). The van der Waals surface area contributed by atoms with Gasteiger partial charge in [0.25, 0.3) is 15.9 Å². The maximum Gasteiger partial charge on any atom is 0.273 e. The second-order valence-electron chi connectivity index (χ2n) is 5.91. The summed E-state index contributed by atoms with van der Waals surface area (Å²) in [5, 5.41) is 14.6. The molecule has 3 aromatic rings. The second-order valence-corrected chi connectivity index (χ2v) is 8.77. The Morgan fingerprint density at radius 2 is 1.79 bits per heavy atom. The van der Waals surface area contributed by atoms with Crippen LogP contribution >= 0.6 is 11.3 Å². The first-order valence-electron chi connectivity index (χ1n) is 8.41. The van der Waals surface area contributed by atoms with Gasteiger partial charge in [-0.3, -0.25) is 9.52 Å². The van der Waals surface area contributed by atoms with Crippen molar-refractivity contribution in [2.45, 2.75) is 11.1 Å². The van der Waals surface area contributed by atoms with Crippen LogP contribution in [0.2, 0.25) is 0 Å². The third-order valence-electron chi connectivity index (χ3n) is 3.93. The quantitative estimate of drug-likeness (QED) is 0.465. The molecule has 0 bridgehead atoms. The Kier molecular flexibility index (Phi) is 6.07. The number of para-hydroxylation sites is 1. The number of rotatable bonds is 6. The Bertz CT molecular complexity index is 1190. The number of nitrogens with zero attached hydrogens (tertiary/aromatic N) is 2. The number of nitrogens with one attached hydrogen (secondary N) is 2. The average molecular weight is 425 g/mol. The third-order valence-corrected chi connectivity index (χ3v) is 6.70. The number of thiophene rings is 1. The molecule has 2 aromatic carbocycles. The van der Waals surface area contributed by atoms with Crippen molar-refractivity contribution in [1.29, 1.82) is 5.26 Å². The minimum Gasteiger partial charge on any atom is -0.278 e. The summed E-state index contributed by atoms with van der Waals surface area (Å²) in [6.45, 7) is 1.72. The molecule has 0 fully saturated rings. The van der Waals surface area contributed by atoms with Gasteiger partial charge in [-0.05, 0) is 48.2 Å². The molecule has 1 amide bonds. The largest absolute Gasteiger partial charge is 0.278 e. The number of sulfonamides is 1. The van der Waals surface area contributed by atoms with E-state index in [-0.39, 0.29) is 15.5 Å². The van der Waals surface area contributed by atoms with Crippen molar-refractivity contribution in [2.24, 2.45) is 5.10 Å². The van der Waals surface area contributed by atoms with Crippen LogP contribution in [0, 0.1) is 11.3 Å². The highest BCUT2D eigenvalue weighted by atomic mass is 32.2. The van der Waals surface area contributed by atoms with Crippen molar-refractivity contribution in [3.8, 4) is 6.07 Å². The van der Waals surface area contributed by atoms with E-state index in [2.05, 4.69) is 15.2 Å². The van der Waals surface area contributed by atoms with E-state index in [0.717, 1.165) is 16.9 Å². The zero-order chi connectivity index (χ0) is 20.9. The molecule has 0 saturated heterocycles. The van der Waals surface area contributed by atoms with Gasteiger partial charge in [0.1, 0.15) is 4.21 Å². The van der Waals surface area contributed by atoms with E-state index in [1.807, 2.05) is 6.07 Å². The molecule has 0 radical (unpaired) electrons. The van der Waals surface area contributed by atoms with Crippen LogP contribution in [-0.2, 0) is 10.0 Å². The number of hydrogen-bond donors (Lipinski definition) is 2. The summed E-state index contributed by atoms with van der Waals surface area (Å²) >= 11 is 1.08. The minimum atomic E-state index is -3.78. The smallest absolute Gasteiger partial charge is 0.273 e. The molecule has 1 aromatic heterocycles. The number of hydrogen-bond acceptors (Lipinski definition) is 6. The third kappa shape index (κ3) is 4.87. The van der Waals surface area contributed by atoms with Gasteiger partial charge in [-0.15, -0.1) is 11.3 Å². The first kappa shape index (κ1) is 20.3. The average Bonchev–Trinajstić information content (AvgIpc) is 3.28. The molecule has 0 saturated carbocycles. The topological polar surface area (TPSA) is 111 Å². The van der Waals surface area contributed by atoms with Crippen LogP contribution in [0.5, 0.6) is 0 Å². The van der Waals surface area contributed by atoms with Crippen LogP contribution in [-0.4, -0.2) is 20.0 Å². The predicted molar refractivity (Wildman–Crippen MR) is 112 cm³/mol. The van der Waals surface area contributed by atoms with Crippen molar-refractivity contribution in [2.75, 3.05) is 4.72 Å². The lowest BCUT2D eigenvalue weighted by molar-refractivity contribution is 0.0955. The molecule has 0 unspecified atom stereocenters. The summed E-state index contributed by atoms with van der Waals surface area (Å²) in [6.07, 6.45) is 0. The molecule has 2 N–H and O–H groups in total. The van der Waals surface area contributed by atoms with Gasteiger partial charge in [0, 0.05) is 0 Å². The van der Waals surface area contributed by atoms with Crippen LogP contribution in [0.3, 0.4) is 0 Å². The second kappa shape index (κ2) is 8.68. The summed E-state index contributed by atoms with van der Waals surface area (Å²) in [4.78, 5) is 12.6. The van der Waals surface area contributed by atoms with Crippen molar-refractivity contribution in [1.82, 2.24) is 5.43 Å². The predicted octanol–water partition coefficient (Wildman–Crippen LogP) is 3.57. The molecule has 29 heavy (non-hydrogen) atoms. The summed E-state index contributed by atoms with van der Waals surface area (Å²) in [5.74, 6) is -0.553. The van der Waals surface area contributed by atoms with E-state index in [1.54, 1.807) is 54.8 Å². The molecule has 0 spiro atoms. The fraction of sp³-hybridized carbons (Fsp3) is 0.0500. The fourth-order valence-corrected chi connectivity index (χ4v) is 4.50. The molecule has 0 aliphatic rings. The lowest BCUT2D eigenvalue weighted by Gasteiger charge is -2.11. The summed E-state index contributed by atoms with van der Waals surface area (Å²) in [5.41, 5.74) is 4.55. The van der Waals surface area contributed by atoms with Gasteiger partial charge >= 0.3 is 0 Å². The summed E-state index contributed by atoms with van der Waals surface area (Å²) in [6, 6.07) is 18.2. The maximum atomic E-state index is 12.6. The van der Waals surface area contributed by atoms with Crippen LogP contribution in [0.15, 0.2) is 75.4 Å². The van der Waals surface area contributed by atoms with Gasteiger partial charge < -0.3 is 0 Å². The SMILES string of the molecule is C/C(=N\NC(=O)c1ccccc1NS(=O)(=O)c1cccs1)c1ccc(C#N)cc1. The standard InChI is InChI=1S/C20H16N4O3S2/c1-14(16-10-8-15(13-21)9-11-16)22-23-20(25)17-5-2-3-6-18(17)24-29(26,27)19-7-4-12-28-19/h2-12,24H,1H3,(H,23,25)/b22-14+. The summed E-state index contributed by atoms with van der Waals surface area (Å²) in [7, 11) is -3.78. The first-order valence-corrected chi connectivity index (χ1v) is 10.8. The van der Waals surface area contributed by atoms with Gasteiger partial charge in [0.2, 0.25) is 0 Å². The highest BCUT2D eigenvalue weighted by Crippen LogP contribution is 2.22. The Hall–Kier alpha value is -3.48. The molecule has 7 nitrogen and oxygen atoms in total. The van der Waals surface area contributed by atoms with Crippen molar-refractivity contribution < 1.29 is 13.2 Å². The molecular formula is C20H16N4O3S2. The molecule has 0 atom stereocenters. The molecule has 9 heteroatoms. The number of hydrazone groups is 1. The molecular weight excluding hydrogens is 408 g/mol. The van der Waals surface area contributed by atoms with Crippen LogP contribution in [0.4, 0.5) is 5.69 Å². The lowest BCUT2D eigenvalue weighted by Crippen LogP contribution is -2.22. The van der Waals surface area contributed by atoms with E-state index in [1.165, 1.54) is 18.2 Å². The van der Waals surface area contributed by atoms with E-state index >= 15 is 0 Å². The van der Waals surface area contributed by atoms with Crippen LogP contribution < -0.4 is 10.1 Å². The Morgan fingerprint density at radius 1 is 1.07 bits per heavy atom. The maximum absolute atomic E-state index is 12.6. The molecule has 0 aliphatic heterocycles. The van der Waals surface area contributed by atoms with Crippen LogP contribution in [0.25, 0.3) is 0 Å². The van der Waals surface area contributed by atoms with Crippen molar-refractivity contribution in [3.63, 3.8) is 0 Å². The number of benzene rings is 2. The van der Waals surface area contributed by atoms with Gasteiger partial charge in [0.05, 0.1) is 28.6 Å². The van der Waals surface area contributed by atoms with Crippen molar-refractivity contribution >= 4 is 38.7 Å². The molecule has 146 valence electrons. The van der Waals surface area contributed by atoms with Gasteiger partial charge in [-0.25, -0.2) is 13.8 Å². The zero-order valence-electron chi connectivity index (χ0n) is 15.3. The molecule has 0 aliphatic carbocycles. The zero-order valence-corrected chi connectivity index (χ0v) is 16.9. The van der Waals surface area contributed by atoms with E-state index in [9.17, 15) is 13.2 Å². The minimum absolute atomic E-state index is 0.143. The Labute approximate surface area is 172 Å². The normalized spacial score (nSPS) is 11.5. The van der Waals surface area contributed by atoms with E-state index in [0.29, 0.717) is 11.3 Å². The highest BCUT2D eigenvalue weighted by molar-refractivity contribution is 7.94. The lowest BCUT2D eigenvalue weighted by atomic mass is 10.1. The van der Waals surface area contributed by atoms with E-state index in [4.69, 9.17) is 5.26 Å². The molecule has 1 heterocycles. The van der Waals surface area contributed by atoms with Crippen LogP contribution in [0.1, 0.15) is 28.4 Å². The first-order chi connectivity index (χ1) is 13.9. The van der Waals surface area contributed by atoms with Gasteiger partial charge in [-0.1, -0.05) is 30.3 Å². The van der Waals surface area contributed by atoms with Gasteiger partial charge in [-0.2, -0.15) is 10.4 Å². The van der Waals surface area contributed by atoms with Crippen molar-refractivity contribution in [3.05, 3.63) is 82.7 Å². The number of anilines is 1. The van der Waals surface area contributed by atoms with E-state index < -0.39 is 15.9 Å². The number of carbonyl (C=O) groups excluding carboxylic acids is 1. The number of carbonyl (C=O) groups is 1. The summed E-state index contributed by atoms with van der Waals surface area (Å²) < 4.78 is 27.5. The highest BCUT2D eigenvalue weighted by Gasteiger charge is 2.19. The Morgan fingerprint density at radius 3 is 2.45 bits per heavy atom.